The minimum absolute atomic E-state index is 0.150. The molecular weight excluding hydrogens is 610 g/mol. The first-order valence-electron chi connectivity index (χ1n) is 15.4. The van der Waals surface area contributed by atoms with Gasteiger partial charge < -0.3 is 14.7 Å². The molecule has 6 atom stereocenters. The van der Waals surface area contributed by atoms with E-state index in [0.29, 0.717) is 49.0 Å². The minimum Gasteiger partial charge on any atom is -0.490 e. The first-order chi connectivity index (χ1) is 20.8. The summed E-state index contributed by atoms with van der Waals surface area (Å²) < 4.78 is 64.2. The molecule has 238 valence electrons. The lowest BCUT2D eigenvalue weighted by Gasteiger charge is -2.48. The average molecular weight is 649 g/mol. The summed E-state index contributed by atoms with van der Waals surface area (Å²) in [5.41, 5.74) is 0.289. The van der Waals surface area contributed by atoms with Gasteiger partial charge in [0, 0.05) is 35.0 Å². The largest absolute Gasteiger partial charge is 0.490 e. The molecule has 1 saturated carbocycles. The maximum Gasteiger partial charge on any atom is 0.270 e. The Bertz CT molecular complexity index is 1590. The number of sulfonamides is 1. The molecule has 2 aliphatic heterocycles. The summed E-state index contributed by atoms with van der Waals surface area (Å²) in [7, 11) is -4.09. The third-order valence-corrected chi connectivity index (χ3v) is 12.7. The molecule has 0 saturated heterocycles. The van der Waals surface area contributed by atoms with Gasteiger partial charge in [0.15, 0.2) is 0 Å². The number of nitrogens with zero attached hydrogens (tertiary/aromatic N) is 1. The van der Waals surface area contributed by atoms with E-state index in [-0.39, 0.29) is 17.9 Å². The number of hydrogen-bond donors (Lipinski definition) is 2. The van der Waals surface area contributed by atoms with Gasteiger partial charge in [0.1, 0.15) is 11.4 Å². The number of anilines is 1. The molecule has 11 heteroatoms. The Hall–Kier alpha value is -2.69. The van der Waals surface area contributed by atoms with E-state index in [0.717, 1.165) is 30.4 Å². The van der Waals surface area contributed by atoms with Crippen LogP contribution in [0.25, 0.3) is 0 Å². The van der Waals surface area contributed by atoms with E-state index in [1.807, 2.05) is 18.2 Å². The summed E-state index contributed by atoms with van der Waals surface area (Å²) in [5.74, 6) is -1.62. The van der Waals surface area contributed by atoms with Crippen molar-refractivity contribution in [2.45, 2.75) is 75.1 Å². The van der Waals surface area contributed by atoms with Gasteiger partial charge in [-0.15, -0.1) is 0 Å². The smallest absolute Gasteiger partial charge is 0.270 e. The van der Waals surface area contributed by atoms with Gasteiger partial charge in [0.05, 0.1) is 17.5 Å². The number of amides is 1. The first-order valence-corrected chi connectivity index (χ1v) is 17.3. The van der Waals surface area contributed by atoms with Crippen LogP contribution < -0.4 is 14.4 Å². The summed E-state index contributed by atoms with van der Waals surface area (Å²) in [6, 6.07) is 10.8. The normalized spacial score (nSPS) is 34.2. The fourth-order valence-electron chi connectivity index (χ4n) is 7.54. The molecule has 2 aromatic carbocycles. The lowest BCUT2D eigenvalue weighted by molar-refractivity contribution is -0.136. The Labute approximate surface area is 262 Å². The monoisotopic (exact) mass is 648 g/mol. The Kier molecular flexibility index (Phi) is 8.24. The van der Waals surface area contributed by atoms with Gasteiger partial charge in [0.25, 0.3) is 12.3 Å². The zero-order valence-corrected chi connectivity index (χ0v) is 26.5. The van der Waals surface area contributed by atoms with E-state index >= 15 is 0 Å². The Morgan fingerprint density at radius 1 is 1.16 bits per heavy atom. The number of rotatable bonds is 1. The Morgan fingerprint density at radius 3 is 2.68 bits per heavy atom. The van der Waals surface area contributed by atoms with E-state index in [2.05, 4.69) is 9.62 Å². The lowest BCUT2D eigenvalue weighted by Crippen LogP contribution is -2.55. The highest BCUT2D eigenvalue weighted by Gasteiger charge is 2.52. The lowest BCUT2D eigenvalue weighted by atomic mass is 9.64. The van der Waals surface area contributed by atoms with Crippen molar-refractivity contribution in [2.24, 2.45) is 17.8 Å². The second-order valence-corrected chi connectivity index (χ2v) is 15.7. The van der Waals surface area contributed by atoms with Crippen molar-refractivity contribution < 1.29 is 31.8 Å². The predicted octanol–water partition coefficient (Wildman–Crippen LogP) is 5.88. The molecule has 7 nitrogen and oxygen atoms in total. The second kappa shape index (κ2) is 11.6. The molecule has 0 unspecified atom stereocenters. The van der Waals surface area contributed by atoms with Crippen LogP contribution in [0.1, 0.15) is 67.4 Å². The van der Waals surface area contributed by atoms with Crippen LogP contribution in [0.2, 0.25) is 5.02 Å². The SMILES string of the molecule is C[C@@H]1[C@@H](C)C/C=C\[C@@](O)(C(F)F)[C@@H]2CC[C@H]2CN2C[C@@]3(CCCc4cc(Cl)ccc43)COc3ccc(cc32)C(=O)NS1(=O)=O. The zero-order chi connectivity index (χ0) is 31.4. The molecule has 1 amide bonds. The van der Waals surface area contributed by atoms with Gasteiger partial charge in [-0.25, -0.2) is 21.9 Å². The van der Waals surface area contributed by atoms with E-state index < -0.39 is 50.5 Å². The van der Waals surface area contributed by atoms with E-state index in [4.69, 9.17) is 16.3 Å². The van der Waals surface area contributed by atoms with Gasteiger partial charge in [-0.2, -0.15) is 0 Å². The molecule has 2 heterocycles. The Balaban J connectivity index is 1.46. The average Bonchev–Trinajstić information content (AvgIpc) is 3.10. The molecule has 1 spiro atoms. The van der Waals surface area contributed by atoms with Gasteiger partial charge >= 0.3 is 0 Å². The highest BCUT2D eigenvalue weighted by atomic mass is 35.5. The summed E-state index contributed by atoms with van der Waals surface area (Å²) in [5, 5.41) is 11.1. The van der Waals surface area contributed by atoms with Gasteiger partial charge in [0.2, 0.25) is 10.0 Å². The molecule has 0 radical (unpaired) electrons. The quantitative estimate of drug-likeness (QED) is 0.375. The summed E-state index contributed by atoms with van der Waals surface area (Å²) >= 11 is 6.35. The number of halogens is 3. The third-order valence-electron chi connectivity index (χ3n) is 10.5. The van der Waals surface area contributed by atoms with Crippen LogP contribution in [0, 0.1) is 17.8 Å². The van der Waals surface area contributed by atoms with Crippen LogP contribution in [0.5, 0.6) is 5.75 Å². The maximum absolute atomic E-state index is 14.6. The van der Waals surface area contributed by atoms with E-state index in [1.165, 1.54) is 19.1 Å². The standard InChI is InChI=1S/C33H39ClF2N2O5S/c1-20-5-3-14-33(40,31(35)36)27-10-7-24(27)17-38-18-32(13-4-6-22-15-25(34)9-11-26(22)32)19-43-29-12-8-23(16-28(29)38)30(39)37-44(41,42)21(20)2/h3,8-9,11-12,14-16,20-21,24,27,31,40H,4-7,10,13,17-19H2,1-2H3,(H,37,39)/b14-3-/t20-,21+,24-,27+,32-,33-/m0/s1. The van der Waals surface area contributed by atoms with Crippen molar-refractivity contribution in [1.82, 2.24) is 4.72 Å². The number of benzene rings is 2. The molecule has 2 bridgehead atoms. The predicted molar refractivity (Wildman–Crippen MR) is 166 cm³/mol. The van der Waals surface area contributed by atoms with E-state index in [1.54, 1.807) is 25.1 Å². The van der Waals surface area contributed by atoms with E-state index in [9.17, 15) is 27.1 Å². The van der Waals surface area contributed by atoms with Crippen LogP contribution in [-0.2, 0) is 21.9 Å². The van der Waals surface area contributed by atoms with Crippen molar-refractivity contribution in [1.29, 1.82) is 0 Å². The number of allylic oxidation sites excluding steroid dienone is 1. The number of carbonyl (C=O) groups excluding carboxylic acids is 1. The Morgan fingerprint density at radius 2 is 1.95 bits per heavy atom. The molecule has 2 aromatic rings. The molecule has 2 N–H and O–H groups in total. The molecule has 1 fully saturated rings. The fraction of sp³-hybridized carbons (Fsp3) is 0.545. The molecule has 44 heavy (non-hydrogen) atoms. The van der Waals surface area contributed by atoms with Crippen molar-refractivity contribution in [3.63, 3.8) is 0 Å². The first kappa shape index (κ1) is 31.3. The highest BCUT2D eigenvalue weighted by molar-refractivity contribution is 7.90. The highest BCUT2D eigenvalue weighted by Crippen LogP contribution is 2.49. The summed E-state index contributed by atoms with van der Waals surface area (Å²) in [6.07, 6.45) is 3.55. The van der Waals surface area contributed by atoms with Crippen LogP contribution in [0.4, 0.5) is 14.5 Å². The number of nitrogens with one attached hydrogen (secondary N) is 1. The molecule has 2 aliphatic carbocycles. The topological polar surface area (TPSA) is 95.9 Å². The summed E-state index contributed by atoms with van der Waals surface area (Å²) in [4.78, 5) is 15.4. The summed E-state index contributed by atoms with van der Waals surface area (Å²) in [6.45, 7) is 4.41. The van der Waals surface area contributed by atoms with Crippen molar-refractivity contribution >= 4 is 33.2 Å². The minimum atomic E-state index is -4.09. The number of aliphatic hydroxyl groups is 1. The van der Waals surface area contributed by atoms with Gasteiger partial charge in [-0.3, -0.25) is 4.79 Å². The number of hydrogen-bond acceptors (Lipinski definition) is 6. The van der Waals surface area contributed by atoms with Gasteiger partial charge in [-0.1, -0.05) is 36.7 Å². The van der Waals surface area contributed by atoms with Crippen molar-refractivity contribution in [3.05, 3.63) is 70.3 Å². The molecule has 6 rings (SSSR count). The van der Waals surface area contributed by atoms with Crippen LogP contribution >= 0.6 is 11.6 Å². The third kappa shape index (κ3) is 5.51. The molecule has 4 aliphatic rings. The zero-order valence-electron chi connectivity index (χ0n) is 24.9. The second-order valence-electron chi connectivity index (χ2n) is 13.2. The maximum atomic E-state index is 14.6. The van der Waals surface area contributed by atoms with Gasteiger partial charge in [-0.05, 0) is 98.7 Å². The molecular formula is C33H39ClF2N2O5S. The van der Waals surface area contributed by atoms with Crippen LogP contribution in [0.15, 0.2) is 48.6 Å². The van der Waals surface area contributed by atoms with Crippen molar-refractivity contribution in [3.8, 4) is 5.75 Å². The number of aryl methyl sites for hydroxylation is 1. The fourth-order valence-corrected chi connectivity index (χ4v) is 9.02. The van der Waals surface area contributed by atoms with Crippen LogP contribution in [0.3, 0.4) is 0 Å². The number of ether oxygens (including phenoxy) is 1. The number of alkyl halides is 2. The van der Waals surface area contributed by atoms with Crippen molar-refractivity contribution in [2.75, 3.05) is 24.6 Å². The van der Waals surface area contributed by atoms with Crippen LogP contribution in [-0.4, -0.2) is 56.4 Å². The molecule has 0 aromatic heterocycles. The number of fused-ring (bicyclic) bond motifs is 4. The number of carbonyl (C=O) groups is 1.